The second kappa shape index (κ2) is 6.71. The molecule has 0 saturated heterocycles. The molecular formula is C16H24O3. The summed E-state index contributed by atoms with van der Waals surface area (Å²) in [5.41, 5.74) is 1.98. The van der Waals surface area contributed by atoms with Gasteiger partial charge in [0.25, 0.3) is 0 Å². The summed E-state index contributed by atoms with van der Waals surface area (Å²) in [7, 11) is 1.35. The van der Waals surface area contributed by atoms with Gasteiger partial charge in [-0.25, -0.2) is 0 Å². The van der Waals surface area contributed by atoms with Crippen LogP contribution in [0.1, 0.15) is 50.8 Å². The van der Waals surface area contributed by atoms with E-state index >= 15 is 0 Å². The van der Waals surface area contributed by atoms with Crippen LogP contribution in [-0.4, -0.2) is 18.2 Å². The van der Waals surface area contributed by atoms with E-state index in [2.05, 4.69) is 13.8 Å². The lowest BCUT2D eigenvalue weighted by Crippen LogP contribution is -2.28. The van der Waals surface area contributed by atoms with Crippen LogP contribution in [0.15, 0.2) is 24.3 Å². The summed E-state index contributed by atoms with van der Waals surface area (Å²) in [6, 6.07) is 7.77. The fourth-order valence-electron chi connectivity index (χ4n) is 2.19. The molecule has 0 radical (unpaired) electrons. The zero-order valence-corrected chi connectivity index (χ0v) is 12.4. The van der Waals surface area contributed by atoms with Crippen molar-refractivity contribution in [3.8, 4) is 0 Å². The first-order chi connectivity index (χ1) is 8.88. The Hall–Kier alpha value is -1.35. The molecule has 3 nitrogen and oxygen atoms in total. The molecule has 1 N–H and O–H groups in total. The fraction of sp³-hybridized carbons (Fsp3) is 0.562. The summed E-state index contributed by atoms with van der Waals surface area (Å²) in [6.45, 7) is 8.06. The third-order valence-corrected chi connectivity index (χ3v) is 3.48. The molecule has 0 fully saturated rings. The number of hydrogen-bond donors (Lipinski definition) is 1. The van der Waals surface area contributed by atoms with Crippen molar-refractivity contribution in [2.75, 3.05) is 7.11 Å². The van der Waals surface area contributed by atoms with Gasteiger partial charge in [0.15, 0.2) is 0 Å². The van der Waals surface area contributed by atoms with E-state index in [1.54, 1.807) is 0 Å². The number of rotatable bonds is 5. The van der Waals surface area contributed by atoms with Crippen LogP contribution in [0.25, 0.3) is 0 Å². The highest BCUT2D eigenvalue weighted by Gasteiger charge is 2.31. The van der Waals surface area contributed by atoms with Gasteiger partial charge in [-0.05, 0) is 23.0 Å². The SMILES string of the molecule is COC(=O)C(C(C)C)C(O)c1ccc(C(C)C)cc1. The molecule has 19 heavy (non-hydrogen) atoms. The molecule has 2 atom stereocenters. The Bertz CT molecular complexity index is 407. The Kier molecular flexibility index (Phi) is 5.55. The molecule has 3 heteroatoms. The summed E-state index contributed by atoms with van der Waals surface area (Å²) in [4.78, 5) is 11.8. The van der Waals surface area contributed by atoms with Crippen molar-refractivity contribution in [2.45, 2.75) is 39.7 Å². The van der Waals surface area contributed by atoms with Gasteiger partial charge in [-0.1, -0.05) is 52.0 Å². The highest BCUT2D eigenvalue weighted by atomic mass is 16.5. The molecule has 0 aliphatic carbocycles. The summed E-state index contributed by atoms with van der Waals surface area (Å²) < 4.78 is 4.78. The Labute approximate surface area is 115 Å². The highest BCUT2D eigenvalue weighted by molar-refractivity contribution is 5.73. The second-order valence-corrected chi connectivity index (χ2v) is 5.56. The van der Waals surface area contributed by atoms with Crippen molar-refractivity contribution in [1.29, 1.82) is 0 Å². The van der Waals surface area contributed by atoms with E-state index in [1.807, 2.05) is 38.1 Å². The number of carbonyl (C=O) groups excluding carboxylic acids is 1. The molecule has 0 amide bonds. The Morgan fingerprint density at radius 3 is 1.89 bits per heavy atom. The van der Waals surface area contributed by atoms with Crippen molar-refractivity contribution in [3.05, 3.63) is 35.4 Å². The van der Waals surface area contributed by atoms with Gasteiger partial charge >= 0.3 is 5.97 Å². The van der Waals surface area contributed by atoms with Gasteiger partial charge in [-0.2, -0.15) is 0 Å². The van der Waals surface area contributed by atoms with Gasteiger partial charge in [0.2, 0.25) is 0 Å². The number of esters is 1. The molecule has 0 aromatic heterocycles. The van der Waals surface area contributed by atoms with E-state index in [1.165, 1.54) is 12.7 Å². The number of benzene rings is 1. The van der Waals surface area contributed by atoms with Crippen LogP contribution in [-0.2, 0) is 9.53 Å². The summed E-state index contributed by atoms with van der Waals surface area (Å²) in [5, 5.41) is 10.4. The number of ether oxygens (including phenoxy) is 1. The molecule has 0 saturated carbocycles. The van der Waals surface area contributed by atoms with Gasteiger partial charge in [-0.15, -0.1) is 0 Å². The van der Waals surface area contributed by atoms with Crippen molar-refractivity contribution < 1.29 is 14.6 Å². The average molecular weight is 264 g/mol. The van der Waals surface area contributed by atoms with E-state index in [4.69, 9.17) is 4.74 Å². The molecule has 1 rings (SSSR count). The maximum Gasteiger partial charge on any atom is 0.311 e. The van der Waals surface area contributed by atoms with E-state index in [9.17, 15) is 9.90 Å². The molecule has 1 aromatic carbocycles. The largest absolute Gasteiger partial charge is 0.469 e. The van der Waals surface area contributed by atoms with Gasteiger partial charge in [0, 0.05) is 0 Å². The number of aliphatic hydroxyl groups excluding tert-OH is 1. The van der Waals surface area contributed by atoms with Gasteiger partial charge < -0.3 is 9.84 Å². The van der Waals surface area contributed by atoms with E-state index in [0.717, 1.165) is 5.56 Å². The molecule has 0 aliphatic heterocycles. The van der Waals surface area contributed by atoms with Gasteiger partial charge in [-0.3, -0.25) is 4.79 Å². The normalized spacial score (nSPS) is 14.5. The van der Waals surface area contributed by atoms with Crippen LogP contribution in [0.4, 0.5) is 0 Å². The Morgan fingerprint density at radius 1 is 1.05 bits per heavy atom. The third kappa shape index (κ3) is 3.80. The minimum absolute atomic E-state index is 0.0206. The molecule has 0 aliphatic rings. The number of methoxy groups -OCH3 is 1. The molecule has 0 spiro atoms. The minimum Gasteiger partial charge on any atom is -0.469 e. The molecule has 0 bridgehead atoms. The zero-order chi connectivity index (χ0) is 14.6. The van der Waals surface area contributed by atoms with Crippen LogP contribution in [0.3, 0.4) is 0 Å². The molecule has 106 valence electrons. The Morgan fingerprint density at radius 2 is 1.53 bits per heavy atom. The molecule has 0 heterocycles. The van der Waals surface area contributed by atoms with E-state index in [0.29, 0.717) is 5.92 Å². The topological polar surface area (TPSA) is 46.5 Å². The maximum absolute atomic E-state index is 11.8. The van der Waals surface area contributed by atoms with Crippen molar-refractivity contribution >= 4 is 5.97 Å². The zero-order valence-electron chi connectivity index (χ0n) is 12.4. The highest BCUT2D eigenvalue weighted by Crippen LogP contribution is 2.30. The Balaban J connectivity index is 2.96. The lowest BCUT2D eigenvalue weighted by molar-refractivity contribution is -0.152. The van der Waals surface area contributed by atoms with Crippen molar-refractivity contribution in [1.82, 2.24) is 0 Å². The molecule has 2 unspecified atom stereocenters. The monoisotopic (exact) mass is 264 g/mol. The van der Waals surface area contributed by atoms with Crippen LogP contribution < -0.4 is 0 Å². The van der Waals surface area contributed by atoms with E-state index < -0.39 is 12.0 Å². The van der Waals surface area contributed by atoms with Crippen LogP contribution in [0, 0.1) is 11.8 Å². The first-order valence-electron chi connectivity index (χ1n) is 6.74. The minimum atomic E-state index is -0.825. The quantitative estimate of drug-likeness (QED) is 0.830. The summed E-state index contributed by atoms with van der Waals surface area (Å²) in [6.07, 6.45) is -0.825. The van der Waals surface area contributed by atoms with E-state index in [-0.39, 0.29) is 11.9 Å². The van der Waals surface area contributed by atoms with Gasteiger partial charge in [0.05, 0.1) is 19.1 Å². The first-order valence-corrected chi connectivity index (χ1v) is 6.74. The van der Waals surface area contributed by atoms with Crippen LogP contribution >= 0.6 is 0 Å². The smallest absolute Gasteiger partial charge is 0.311 e. The third-order valence-electron chi connectivity index (χ3n) is 3.48. The number of carbonyl (C=O) groups is 1. The lowest BCUT2D eigenvalue weighted by Gasteiger charge is -2.24. The first kappa shape index (κ1) is 15.7. The second-order valence-electron chi connectivity index (χ2n) is 5.56. The molecule has 1 aromatic rings. The summed E-state index contributed by atoms with van der Waals surface area (Å²) in [5.74, 6) is -0.426. The predicted octanol–water partition coefficient (Wildman–Crippen LogP) is 3.29. The standard InChI is InChI=1S/C16H24O3/c1-10(2)12-6-8-13(9-7-12)15(17)14(11(3)4)16(18)19-5/h6-11,14-15,17H,1-5H3. The van der Waals surface area contributed by atoms with Gasteiger partial charge in [0.1, 0.15) is 0 Å². The predicted molar refractivity (Wildman–Crippen MR) is 75.8 cm³/mol. The van der Waals surface area contributed by atoms with Crippen LogP contribution in [0.5, 0.6) is 0 Å². The van der Waals surface area contributed by atoms with Crippen molar-refractivity contribution in [2.24, 2.45) is 11.8 Å². The lowest BCUT2D eigenvalue weighted by atomic mass is 9.86. The summed E-state index contributed by atoms with van der Waals surface area (Å²) >= 11 is 0. The number of aliphatic hydroxyl groups is 1. The fourth-order valence-corrected chi connectivity index (χ4v) is 2.19. The number of hydrogen-bond acceptors (Lipinski definition) is 3. The van der Waals surface area contributed by atoms with Crippen LogP contribution in [0.2, 0.25) is 0 Å². The average Bonchev–Trinajstić information content (AvgIpc) is 2.38. The maximum atomic E-state index is 11.8. The van der Waals surface area contributed by atoms with Crippen molar-refractivity contribution in [3.63, 3.8) is 0 Å². The molecular weight excluding hydrogens is 240 g/mol.